The molecule has 0 aromatic heterocycles. The van der Waals surface area contributed by atoms with E-state index >= 15 is 0 Å². The van der Waals surface area contributed by atoms with E-state index in [9.17, 15) is 19.2 Å². The van der Waals surface area contributed by atoms with Gasteiger partial charge in [-0.05, 0) is 78.6 Å². The highest BCUT2D eigenvalue weighted by molar-refractivity contribution is 5.98. The van der Waals surface area contributed by atoms with Crippen LogP contribution in [0.15, 0.2) is 24.3 Å². The molecule has 0 atom stereocenters. The largest absolute Gasteiger partial charge is 0.478 e. The highest BCUT2D eigenvalue weighted by Crippen LogP contribution is 2.20. The molecule has 41 heavy (non-hydrogen) atoms. The highest BCUT2D eigenvalue weighted by atomic mass is 16.6. The second kappa shape index (κ2) is 18.5. The van der Waals surface area contributed by atoms with E-state index in [-0.39, 0.29) is 24.0 Å². The van der Waals surface area contributed by atoms with Gasteiger partial charge in [-0.15, -0.1) is 0 Å². The Balaban J connectivity index is 2.25. The lowest BCUT2D eigenvalue weighted by molar-refractivity contribution is -0.155. The number of carboxylic acid groups (broad SMARTS) is 1. The molecular formula is C33H53NO7. The van der Waals surface area contributed by atoms with Crippen LogP contribution >= 0.6 is 0 Å². The van der Waals surface area contributed by atoms with E-state index in [0.717, 1.165) is 44.9 Å². The number of carbonyl (C=O) groups excluding carboxylic acids is 3. The second-order valence-corrected chi connectivity index (χ2v) is 12.7. The van der Waals surface area contributed by atoms with Gasteiger partial charge >= 0.3 is 17.9 Å². The minimum Gasteiger partial charge on any atom is -0.478 e. The topological polar surface area (TPSA) is 110 Å². The summed E-state index contributed by atoms with van der Waals surface area (Å²) in [7, 11) is 0. The number of unbranched alkanes of at least 4 members (excludes halogenated alkanes) is 11. The van der Waals surface area contributed by atoms with Gasteiger partial charge < -0.3 is 19.5 Å². The van der Waals surface area contributed by atoms with E-state index in [4.69, 9.17) is 14.6 Å². The molecule has 0 aliphatic rings. The van der Waals surface area contributed by atoms with Crippen molar-refractivity contribution in [2.75, 3.05) is 11.4 Å². The molecule has 8 nitrogen and oxygen atoms in total. The summed E-state index contributed by atoms with van der Waals surface area (Å²) in [5.41, 5.74) is -0.469. The Morgan fingerprint density at radius 1 is 0.610 bits per heavy atom. The molecule has 0 saturated carbocycles. The minimum atomic E-state index is -1.05. The van der Waals surface area contributed by atoms with Gasteiger partial charge in [-0.25, -0.2) is 4.79 Å². The Kier molecular flexibility index (Phi) is 16.3. The molecule has 1 N–H and O–H groups in total. The van der Waals surface area contributed by atoms with Crippen LogP contribution < -0.4 is 4.90 Å². The number of carbonyl (C=O) groups is 4. The number of aromatic carboxylic acids is 1. The summed E-state index contributed by atoms with van der Waals surface area (Å²) in [5, 5.41) is 9.16. The third-order valence-electron chi connectivity index (χ3n) is 6.38. The number of anilines is 1. The van der Waals surface area contributed by atoms with E-state index < -0.39 is 23.1 Å². The normalized spacial score (nSPS) is 11.7. The lowest BCUT2D eigenvalue weighted by Crippen LogP contribution is -2.38. The van der Waals surface area contributed by atoms with Gasteiger partial charge in [0.2, 0.25) is 5.91 Å². The van der Waals surface area contributed by atoms with Crippen LogP contribution in [0.4, 0.5) is 5.69 Å². The molecule has 0 bridgehead atoms. The van der Waals surface area contributed by atoms with Gasteiger partial charge in [-0.2, -0.15) is 0 Å². The molecule has 0 aliphatic heterocycles. The molecule has 8 heteroatoms. The summed E-state index contributed by atoms with van der Waals surface area (Å²) in [6.07, 6.45) is 13.9. The van der Waals surface area contributed by atoms with Crippen LogP contribution in [-0.4, -0.2) is 46.7 Å². The van der Waals surface area contributed by atoms with E-state index in [2.05, 4.69) is 0 Å². The molecule has 0 radical (unpaired) electrons. The minimum absolute atomic E-state index is 0.104. The summed E-state index contributed by atoms with van der Waals surface area (Å²) >= 11 is 0. The number of ether oxygens (including phenoxy) is 2. The van der Waals surface area contributed by atoms with Crippen molar-refractivity contribution in [3.8, 4) is 0 Å². The van der Waals surface area contributed by atoms with Crippen LogP contribution in [-0.2, 0) is 23.9 Å². The molecule has 0 heterocycles. The molecule has 1 aromatic carbocycles. The van der Waals surface area contributed by atoms with Gasteiger partial charge in [0.25, 0.3) is 0 Å². The zero-order valence-electron chi connectivity index (χ0n) is 26.3. The lowest BCUT2D eigenvalue weighted by atomic mass is 10.0. The quantitative estimate of drug-likeness (QED) is 0.132. The number of nitrogens with zero attached hydrogens (tertiary/aromatic N) is 1. The number of amides is 1. The van der Waals surface area contributed by atoms with Crippen LogP contribution in [0.2, 0.25) is 0 Å². The maximum Gasteiger partial charge on any atom is 0.335 e. The molecule has 232 valence electrons. The summed E-state index contributed by atoms with van der Waals surface area (Å²) in [6, 6.07) is 5.96. The van der Waals surface area contributed by atoms with E-state index in [0.29, 0.717) is 18.5 Å². The van der Waals surface area contributed by atoms with E-state index in [1.165, 1.54) is 49.1 Å². The zero-order chi connectivity index (χ0) is 30.9. The van der Waals surface area contributed by atoms with Gasteiger partial charge in [-0.1, -0.05) is 64.2 Å². The van der Waals surface area contributed by atoms with E-state index in [1.807, 2.05) is 20.8 Å². The number of benzene rings is 1. The van der Waals surface area contributed by atoms with Gasteiger partial charge in [0.15, 0.2) is 0 Å². The molecule has 0 spiro atoms. The molecule has 0 aliphatic carbocycles. The summed E-state index contributed by atoms with van der Waals surface area (Å²) in [5.74, 6) is -1.83. The summed E-state index contributed by atoms with van der Waals surface area (Å²) in [4.78, 5) is 49.8. The average molecular weight is 576 g/mol. The number of hydrogen-bond acceptors (Lipinski definition) is 6. The van der Waals surface area contributed by atoms with Crippen LogP contribution in [0.25, 0.3) is 0 Å². The van der Waals surface area contributed by atoms with Crippen molar-refractivity contribution in [3.63, 3.8) is 0 Å². The fourth-order valence-corrected chi connectivity index (χ4v) is 4.45. The van der Waals surface area contributed by atoms with Gasteiger partial charge in [0.1, 0.15) is 17.7 Å². The Hall–Kier alpha value is -2.90. The van der Waals surface area contributed by atoms with Gasteiger partial charge in [-0.3, -0.25) is 14.4 Å². The molecule has 1 aromatic rings. The van der Waals surface area contributed by atoms with Crippen molar-refractivity contribution in [2.24, 2.45) is 0 Å². The smallest absolute Gasteiger partial charge is 0.335 e. The Morgan fingerprint density at radius 3 is 1.41 bits per heavy atom. The first-order chi connectivity index (χ1) is 19.2. The van der Waals surface area contributed by atoms with Gasteiger partial charge in [0, 0.05) is 18.5 Å². The molecule has 1 amide bonds. The second-order valence-electron chi connectivity index (χ2n) is 12.7. The van der Waals surface area contributed by atoms with Crippen LogP contribution in [0.1, 0.15) is 142 Å². The van der Waals surface area contributed by atoms with Gasteiger partial charge in [0.05, 0.1) is 5.56 Å². The monoisotopic (exact) mass is 575 g/mol. The first-order valence-corrected chi connectivity index (χ1v) is 15.3. The third-order valence-corrected chi connectivity index (χ3v) is 6.38. The van der Waals surface area contributed by atoms with Crippen molar-refractivity contribution in [1.82, 2.24) is 0 Å². The van der Waals surface area contributed by atoms with Crippen molar-refractivity contribution < 1.29 is 33.8 Å². The molecule has 1 rings (SSSR count). The van der Waals surface area contributed by atoms with Crippen LogP contribution in [0.5, 0.6) is 0 Å². The first kappa shape index (κ1) is 36.1. The summed E-state index contributed by atoms with van der Waals surface area (Å²) in [6.45, 7) is 10.8. The average Bonchev–Trinajstić information content (AvgIpc) is 2.85. The fraction of sp³-hybridized carbons (Fsp3) is 0.697. The molecule has 0 unspecified atom stereocenters. The number of carboxylic acids is 1. The van der Waals surface area contributed by atoms with Crippen molar-refractivity contribution in [1.29, 1.82) is 0 Å². The predicted octanol–water partition coefficient (Wildman–Crippen LogP) is 7.86. The van der Waals surface area contributed by atoms with Crippen molar-refractivity contribution in [3.05, 3.63) is 29.8 Å². The summed E-state index contributed by atoms with van der Waals surface area (Å²) < 4.78 is 10.7. The lowest BCUT2D eigenvalue weighted by Gasteiger charge is -2.25. The van der Waals surface area contributed by atoms with E-state index in [1.54, 1.807) is 32.9 Å². The van der Waals surface area contributed by atoms with Crippen LogP contribution in [0.3, 0.4) is 0 Å². The number of esters is 2. The number of hydrogen-bond donors (Lipinski definition) is 1. The SMILES string of the molecule is CC(C)(C)OC(=O)CCCCCCCCCCCCCCC(=O)N(CC(=O)OC(C)(C)C)c1ccc(C(=O)O)cc1. The maximum absolute atomic E-state index is 13.0. The molecule has 0 fully saturated rings. The Labute approximate surface area is 247 Å². The van der Waals surface area contributed by atoms with Crippen molar-refractivity contribution >= 4 is 29.5 Å². The van der Waals surface area contributed by atoms with Crippen LogP contribution in [0, 0.1) is 0 Å². The van der Waals surface area contributed by atoms with Crippen molar-refractivity contribution in [2.45, 2.75) is 143 Å². The first-order valence-electron chi connectivity index (χ1n) is 15.3. The predicted molar refractivity (Wildman–Crippen MR) is 162 cm³/mol. The fourth-order valence-electron chi connectivity index (χ4n) is 4.45. The molecule has 0 saturated heterocycles. The Morgan fingerprint density at radius 2 is 1.00 bits per heavy atom. The zero-order valence-corrected chi connectivity index (χ0v) is 26.3. The number of rotatable bonds is 19. The Bertz CT molecular complexity index is 942. The highest BCUT2D eigenvalue weighted by Gasteiger charge is 2.23. The third kappa shape index (κ3) is 18.2. The maximum atomic E-state index is 13.0. The standard InChI is InChI=1S/C33H53NO7/c1-32(2,3)40-29(36)20-18-16-14-12-10-8-7-9-11-13-15-17-19-28(35)34(25-30(37)41-33(4,5)6)27-23-21-26(22-24-27)31(38)39/h21-24H,7-20,25H2,1-6H3,(H,38,39). The molecular weight excluding hydrogens is 522 g/mol.